The molecule has 0 fully saturated rings. The van der Waals surface area contributed by atoms with E-state index in [1.54, 1.807) is 13.8 Å². The Balaban J connectivity index is 2.54. The fourth-order valence-corrected chi connectivity index (χ4v) is 0.683. The zero-order chi connectivity index (χ0) is 9.84. The molecule has 0 spiro atoms. The van der Waals surface area contributed by atoms with E-state index in [2.05, 4.69) is 15.5 Å². The Morgan fingerprint density at radius 2 is 2.38 bits per heavy atom. The summed E-state index contributed by atoms with van der Waals surface area (Å²) in [6, 6.07) is 0.114. The monoisotopic (exact) mass is 184 g/mol. The number of aromatic nitrogens is 2. The topological polar surface area (TPSA) is 94.0 Å². The van der Waals surface area contributed by atoms with E-state index < -0.39 is 0 Å². The van der Waals surface area contributed by atoms with Crippen molar-refractivity contribution in [1.29, 1.82) is 0 Å². The maximum Gasteiger partial charge on any atom is 0.322 e. The number of aryl methyl sites for hydroxylation is 1. The van der Waals surface area contributed by atoms with Gasteiger partial charge in [-0.2, -0.15) is 0 Å². The molecule has 0 aliphatic carbocycles. The first-order valence-electron chi connectivity index (χ1n) is 3.94. The molecule has 1 heterocycles. The van der Waals surface area contributed by atoms with Gasteiger partial charge in [0.2, 0.25) is 11.8 Å². The molecule has 1 aromatic rings. The third kappa shape index (κ3) is 2.51. The van der Waals surface area contributed by atoms with Gasteiger partial charge in [0, 0.05) is 19.4 Å². The molecule has 13 heavy (non-hydrogen) atoms. The lowest BCUT2D eigenvalue weighted by molar-refractivity contribution is -0.119. The predicted molar refractivity (Wildman–Crippen MR) is 45.9 cm³/mol. The van der Waals surface area contributed by atoms with E-state index in [4.69, 9.17) is 10.2 Å². The van der Waals surface area contributed by atoms with Crippen LogP contribution in [0.1, 0.15) is 12.8 Å². The van der Waals surface area contributed by atoms with Crippen LogP contribution in [0.4, 0.5) is 6.01 Å². The molecule has 0 saturated heterocycles. The molecule has 0 aromatic carbocycles. The number of amides is 1. The first-order valence-corrected chi connectivity index (χ1v) is 3.94. The van der Waals surface area contributed by atoms with Gasteiger partial charge in [-0.15, -0.1) is 5.10 Å². The van der Waals surface area contributed by atoms with E-state index in [1.165, 1.54) is 0 Å². The summed E-state index contributed by atoms with van der Waals surface area (Å²) in [6.45, 7) is 3.66. The van der Waals surface area contributed by atoms with Gasteiger partial charge in [-0.25, -0.2) is 0 Å². The summed E-state index contributed by atoms with van der Waals surface area (Å²) in [6.07, 6.45) is 0. The van der Waals surface area contributed by atoms with E-state index in [1.807, 2.05) is 0 Å². The number of anilines is 1. The molecule has 0 aliphatic rings. The van der Waals surface area contributed by atoms with Crippen LogP contribution in [0.25, 0.3) is 0 Å². The molecular weight excluding hydrogens is 172 g/mol. The molecule has 0 saturated carbocycles. The number of carbonyl (C=O) groups excluding carboxylic acids is 1. The minimum absolute atomic E-state index is 0.114. The Hall–Kier alpha value is -1.43. The van der Waals surface area contributed by atoms with Gasteiger partial charge in [0.1, 0.15) is 0 Å². The van der Waals surface area contributed by atoms with Gasteiger partial charge in [0.05, 0.1) is 0 Å². The highest BCUT2D eigenvalue weighted by atomic mass is 16.4. The van der Waals surface area contributed by atoms with Crippen LogP contribution in [0.2, 0.25) is 0 Å². The van der Waals surface area contributed by atoms with Crippen LogP contribution in [0.15, 0.2) is 4.42 Å². The van der Waals surface area contributed by atoms with Gasteiger partial charge in [-0.3, -0.25) is 10.1 Å². The largest absolute Gasteiger partial charge is 0.408 e. The third-order valence-corrected chi connectivity index (χ3v) is 1.56. The molecule has 1 atom stereocenters. The zero-order valence-corrected chi connectivity index (χ0v) is 7.57. The summed E-state index contributed by atoms with van der Waals surface area (Å²) in [5.41, 5.74) is 5.30. The SMILES string of the molecule is Cc1nnc(NC(=O)C(C)CN)o1. The maximum atomic E-state index is 11.2. The van der Waals surface area contributed by atoms with Crippen molar-refractivity contribution >= 4 is 11.9 Å². The van der Waals surface area contributed by atoms with Gasteiger partial charge in [-0.1, -0.05) is 12.0 Å². The lowest BCUT2D eigenvalue weighted by Crippen LogP contribution is -2.26. The first kappa shape index (κ1) is 9.66. The van der Waals surface area contributed by atoms with Gasteiger partial charge in [0.25, 0.3) is 0 Å². The van der Waals surface area contributed by atoms with E-state index in [-0.39, 0.29) is 17.8 Å². The molecule has 6 nitrogen and oxygen atoms in total. The minimum Gasteiger partial charge on any atom is -0.408 e. The van der Waals surface area contributed by atoms with Crippen LogP contribution in [-0.2, 0) is 4.79 Å². The summed E-state index contributed by atoms with van der Waals surface area (Å²) >= 11 is 0. The van der Waals surface area contributed by atoms with Crippen LogP contribution in [0.5, 0.6) is 0 Å². The molecular formula is C7H12N4O2. The number of nitrogens with zero attached hydrogens (tertiary/aromatic N) is 2. The summed E-state index contributed by atoms with van der Waals surface area (Å²) in [5.74, 6) is -0.0611. The van der Waals surface area contributed by atoms with Gasteiger partial charge in [0.15, 0.2) is 0 Å². The number of nitrogens with one attached hydrogen (secondary N) is 1. The molecule has 72 valence electrons. The smallest absolute Gasteiger partial charge is 0.322 e. The average Bonchev–Trinajstić information content (AvgIpc) is 2.49. The Morgan fingerprint density at radius 1 is 1.69 bits per heavy atom. The molecule has 1 rings (SSSR count). The lowest BCUT2D eigenvalue weighted by atomic mass is 10.2. The summed E-state index contributed by atoms with van der Waals surface area (Å²) in [7, 11) is 0. The van der Waals surface area contributed by atoms with Crippen molar-refractivity contribution in [1.82, 2.24) is 10.2 Å². The van der Waals surface area contributed by atoms with Gasteiger partial charge >= 0.3 is 6.01 Å². The van der Waals surface area contributed by atoms with Crippen molar-refractivity contribution in [3.63, 3.8) is 0 Å². The van der Waals surface area contributed by atoms with Crippen LogP contribution in [0, 0.1) is 12.8 Å². The summed E-state index contributed by atoms with van der Waals surface area (Å²) < 4.78 is 4.95. The molecule has 1 aromatic heterocycles. The first-order chi connectivity index (χ1) is 6.13. The highest BCUT2D eigenvalue weighted by Gasteiger charge is 2.13. The standard InChI is InChI=1S/C7H12N4O2/c1-4(3-8)6(12)9-7-11-10-5(2)13-7/h4H,3,8H2,1-2H3,(H,9,11,12). The zero-order valence-electron chi connectivity index (χ0n) is 7.57. The van der Waals surface area contributed by atoms with Crippen molar-refractivity contribution in [2.45, 2.75) is 13.8 Å². The molecule has 1 unspecified atom stereocenters. The second kappa shape index (κ2) is 3.99. The Bertz CT molecular complexity index is 296. The third-order valence-electron chi connectivity index (χ3n) is 1.56. The number of carbonyl (C=O) groups is 1. The lowest BCUT2D eigenvalue weighted by Gasteiger charge is -2.05. The molecule has 0 aliphatic heterocycles. The van der Waals surface area contributed by atoms with Crippen molar-refractivity contribution in [2.75, 3.05) is 11.9 Å². The van der Waals surface area contributed by atoms with E-state index in [0.717, 1.165) is 0 Å². The number of hydrogen-bond acceptors (Lipinski definition) is 5. The van der Waals surface area contributed by atoms with Crippen LogP contribution < -0.4 is 11.1 Å². The van der Waals surface area contributed by atoms with Crippen LogP contribution in [0.3, 0.4) is 0 Å². The van der Waals surface area contributed by atoms with Crippen molar-refractivity contribution < 1.29 is 9.21 Å². The van der Waals surface area contributed by atoms with Gasteiger partial charge in [-0.05, 0) is 0 Å². The normalized spacial score (nSPS) is 12.5. The summed E-state index contributed by atoms with van der Waals surface area (Å²) in [4.78, 5) is 11.2. The van der Waals surface area contributed by atoms with E-state index >= 15 is 0 Å². The quantitative estimate of drug-likeness (QED) is 0.684. The predicted octanol–water partition coefficient (Wildman–Crippen LogP) is -0.0887. The Kier molecular flexibility index (Phi) is 2.97. The van der Waals surface area contributed by atoms with Crippen molar-refractivity contribution in [3.8, 4) is 0 Å². The minimum atomic E-state index is -0.257. The number of nitrogens with two attached hydrogens (primary N) is 1. The highest BCUT2D eigenvalue weighted by molar-refractivity contribution is 5.90. The van der Waals surface area contributed by atoms with Crippen molar-refractivity contribution in [2.24, 2.45) is 11.7 Å². The highest BCUT2D eigenvalue weighted by Crippen LogP contribution is 2.05. The Morgan fingerprint density at radius 3 is 2.85 bits per heavy atom. The molecule has 6 heteroatoms. The van der Waals surface area contributed by atoms with E-state index in [0.29, 0.717) is 12.4 Å². The van der Waals surface area contributed by atoms with E-state index in [9.17, 15) is 4.79 Å². The van der Waals surface area contributed by atoms with Crippen LogP contribution >= 0.6 is 0 Å². The Labute approximate surface area is 75.5 Å². The fourth-order valence-electron chi connectivity index (χ4n) is 0.683. The van der Waals surface area contributed by atoms with Gasteiger partial charge < -0.3 is 10.2 Å². The molecule has 0 bridgehead atoms. The van der Waals surface area contributed by atoms with Crippen molar-refractivity contribution in [3.05, 3.63) is 5.89 Å². The second-order valence-electron chi connectivity index (χ2n) is 2.75. The molecule has 1 amide bonds. The molecule has 3 N–H and O–H groups in total. The van der Waals surface area contributed by atoms with Crippen LogP contribution in [-0.4, -0.2) is 22.6 Å². The molecule has 0 radical (unpaired) electrons. The maximum absolute atomic E-state index is 11.2. The average molecular weight is 184 g/mol. The number of rotatable bonds is 3. The fraction of sp³-hybridized carbons (Fsp3) is 0.571. The number of hydrogen-bond donors (Lipinski definition) is 2. The second-order valence-corrected chi connectivity index (χ2v) is 2.75. The summed E-state index contributed by atoms with van der Waals surface area (Å²) in [5, 5.41) is 9.63.